The van der Waals surface area contributed by atoms with Gasteiger partial charge in [-0.05, 0) is 76.5 Å². The Morgan fingerprint density at radius 2 is 1.63 bits per heavy atom. The molecule has 0 aromatic heterocycles. The fraction of sp³-hybridized carbons (Fsp3) is 0.375. The van der Waals surface area contributed by atoms with Crippen LogP contribution in [0.15, 0.2) is 77.3 Å². The molecule has 1 N–H and O–H groups in total. The van der Waals surface area contributed by atoms with Crippen LogP contribution >= 0.6 is 15.9 Å². The molecule has 0 fully saturated rings. The second-order valence-electron chi connectivity index (χ2n) is 11.0. The van der Waals surface area contributed by atoms with Crippen LogP contribution in [-0.2, 0) is 28.0 Å². The van der Waals surface area contributed by atoms with Gasteiger partial charge in [0.1, 0.15) is 11.8 Å². The molecule has 0 aliphatic rings. The van der Waals surface area contributed by atoms with Gasteiger partial charge in [0.15, 0.2) is 6.61 Å². The first-order valence-electron chi connectivity index (χ1n) is 13.1. The quantitative estimate of drug-likeness (QED) is 0.295. The lowest BCUT2D eigenvalue weighted by molar-refractivity contribution is -0.143. The molecule has 1 atom stereocenters. The molecule has 3 aromatic rings. The van der Waals surface area contributed by atoms with E-state index in [-0.39, 0.29) is 29.9 Å². The predicted octanol–water partition coefficient (Wildman–Crippen LogP) is 6.60. The van der Waals surface area contributed by atoms with Crippen molar-refractivity contribution in [3.05, 3.63) is 99.5 Å². The summed E-state index contributed by atoms with van der Waals surface area (Å²) in [6, 6.07) is 22.9. The van der Waals surface area contributed by atoms with Gasteiger partial charge in [0.05, 0.1) is 4.47 Å². The van der Waals surface area contributed by atoms with Gasteiger partial charge in [-0.15, -0.1) is 0 Å². The lowest BCUT2D eigenvalue weighted by Crippen LogP contribution is -2.52. The molecule has 0 radical (unpaired) electrons. The number of halogens is 1. The van der Waals surface area contributed by atoms with Gasteiger partial charge < -0.3 is 15.0 Å². The topological polar surface area (TPSA) is 58.6 Å². The SMILES string of the molecule is Cc1ccccc1CN(C(=O)COc1ccc(C(C)(C)C)cc1Br)[C@H](Cc1ccccc1)C(=O)NC(C)C. The van der Waals surface area contributed by atoms with E-state index in [1.807, 2.05) is 93.6 Å². The van der Waals surface area contributed by atoms with Crippen molar-refractivity contribution in [3.63, 3.8) is 0 Å². The molecular formula is C32H39BrN2O3. The molecule has 3 rings (SSSR count). The third-order valence-electron chi connectivity index (χ3n) is 6.45. The number of ether oxygens (including phenoxy) is 1. The Labute approximate surface area is 235 Å². The minimum Gasteiger partial charge on any atom is -0.483 e. The van der Waals surface area contributed by atoms with E-state index in [9.17, 15) is 9.59 Å². The van der Waals surface area contributed by atoms with E-state index in [0.29, 0.717) is 18.7 Å². The van der Waals surface area contributed by atoms with E-state index in [4.69, 9.17) is 4.74 Å². The van der Waals surface area contributed by atoms with Gasteiger partial charge in [0.25, 0.3) is 5.91 Å². The van der Waals surface area contributed by atoms with Crippen LogP contribution in [-0.4, -0.2) is 35.4 Å². The number of benzene rings is 3. The first kappa shape index (κ1) is 29.4. The zero-order valence-corrected chi connectivity index (χ0v) is 24.8. The predicted molar refractivity (Wildman–Crippen MR) is 157 cm³/mol. The summed E-state index contributed by atoms with van der Waals surface area (Å²) in [6.07, 6.45) is 0.404. The summed E-state index contributed by atoms with van der Waals surface area (Å²) in [4.78, 5) is 28.9. The van der Waals surface area contributed by atoms with Crippen LogP contribution < -0.4 is 10.1 Å². The van der Waals surface area contributed by atoms with E-state index >= 15 is 0 Å². The second-order valence-corrected chi connectivity index (χ2v) is 11.9. The Morgan fingerprint density at radius 1 is 0.974 bits per heavy atom. The van der Waals surface area contributed by atoms with Gasteiger partial charge in [0.2, 0.25) is 5.91 Å². The molecule has 38 heavy (non-hydrogen) atoms. The van der Waals surface area contributed by atoms with E-state index < -0.39 is 6.04 Å². The van der Waals surface area contributed by atoms with Gasteiger partial charge in [0, 0.05) is 19.0 Å². The molecule has 0 bridgehead atoms. The van der Waals surface area contributed by atoms with Crippen LogP contribution in [0.25, 0.3) is 0 Å². The van der Waals surface area contributed by atoms with Crippen molar-refractivity contribution in [2.24, 2.45) is 0 Å². The highest BCUT2D eigenvalue weighted by Gasteiger charge is 2.31. The summed E-state index contributed by atoms with van der Waals surface area (Å²) in [7, 11) is 0. The first-order chi connectivity index (χ1) is 18.0. The Hall–Kier alpha value is -3.12. The van der Waals surface area contributed by atoms with Gasteiger partial charge >= 0.3 is 0 Å². The molecule has 3 aromatic carbocycles. The Balaban J connectivity index is 1.92. The van der Waals surface area contributed by atoms with Crippen molar-refractivity contribution < 1.29 is 14.3 Å². The van der Waals surface area contributed by atoms with E-state index in [0.717, 1.165) is 26.7 Å². The average molecular weight is 580 g/mol. The van der Waals surface area contributed by atoms with Crippen LogP contribution in [0.3, 0.4) is 0 Å². The zero-order valence-electron chi connectivity index (χ0n) is 23.3. The van der Waals surface area contributed by atoms with Crippen molar-refractivity contribution in [2.75, 3.05) is 6.61 Å². The smallest absolute Gasteiger partial charge is 0.261 e. The second kappa shape index (κ2) is 13.1. The van der Waals surface area contributed by atoms with Crippen LogP contribution in [0.1, 0.15) is 56.9 Å². The van der Waals surface area contributed by atoms with Gasteiger partial charge in [-0.2, -0.15) is 0 Å². The van der Waals surface area contributed by atoms with Crippen LogP contribution in [0.4, 0.5) is 0 Å². The third-order valence-corrected chi connectivity index (χ3v) is 7.07. The minimum atomic E-state index is -0.692. The fourth-order valence-corrected chi connectivity index (χ4v) is 4.71. The highest BCUT2D eigenvalue weighted by Crippen LogP contribution is 2.31. The molecule has 0 heterocycles. The Morgan fingerprint density at radius 3 is 2.24 bits per heavy atom. The minimum absolute atomic E-state index is 0.00432. The Kier molecular flexibility index (Phi) is 10.1. The van der Waals surface area contributed by atoms with E-state index in [2.05, 4.69) is 42.0 Å². The number of aryl methyl sites for hydroxylation is 1. The van der Waals surface area contributed by atoms with Gasteiger partial charge in [-0.1, -0.05) is 81.4 Å². The molecular weight excluding hydrogens is 540 g/mol. The number of hydrogen-bond donors (Lipinski definition) is 1. The first-order valence-corrected chi connectivity index (χ1v) is 13.9. The maximum Gasteiger partial charge on any atom is 0.261 e. The van der Waals surface area contributed by atoms with Crippen LogP contribution in [0, 0.1) is 6.92 Å². The summed E-state index contributed by atoms with van der Waals surface area (Å²) in [5.41, 5.74) is 4.20. The molecule has 0 saturated heterocycles. The lowest BCUT2D eigenvalue weighted by Gasteiger charge is -2.32. The fourth-order valence-electron chi connectivity index (χ4n) is 4.21. The highest BCUT2D eigenvalue weighted by atomic mass is 79.9. The number of nitrogens with zero attached hydrogens (tertiary/aromatic N) is 1. The van der Waals surface area contributed by atoms with Gasteiger partial charge in [-0.25, -0.2) is 0 Å². The molecule has 2 amide bonds. The van der Waals surface area contributed by atoms with Crippen LogP contribution in [0.5, 0.6) is 5.75 Å². The van der Waals surface area contributed by atoms with Crippen LogP contribution in [0.2, 0.25) is 0 Å². The number of hydrogen-bond acceptors (Lipinski definition) is 3. The maximum absolute atomic E-state index is 13.8. The molecule has 0 aliphatic heterocycles. The number of carbonyl (C=O) groups is 2. The summed E-state index contributed by atoms with van der Waals surface area (Å²) in [5.74, 6) is 0.162. The number of nitrogens with one attached hydrogen (secondary N) is 1. The average Bonchev–Trinajstić information content (AvgIpc) is 2.85. The molecule has 6 heteroatoms. The van der Waals surface area contributed by atoms with Crippen molar-refractivity contribution >= 4 is 27.7 Å². The summed E-state index contributed by atoms with van der Waals surface area (Å²) in [6.45, 7) is 12.4. The monoisotopic (exact) mass is 578 g/mol. The van der Waals surface area contributed by atoms with Crippen molar-refractivity contribution in [1.82, 2.24) is 10.2 Å². The summed E-state index contributed by atoms with van der Waals surface area (Å²) < 4.78 is 6.80. The number of amides is 2. The number of carbonyl (C=O) groups excluding carboxylic acids is 2. The molecule has 0 spiro atoms. The lowest BCUT2D eigenvalue weighted by atomic mass is 9.87. The number of rotatable bonds is 10. The van der Waals surface area contributed by atoms with Gasteiger partial charge in [-0.3, -0.25) is 9.59 Å². The Bertz CT molecular complexity index is 1230. The molecule has 0 aliphatic carbocycles. The summed E-state index contributed by atoms with van der Waals surface area (Å²) >= 11 is 3.60. The molecule has 0 saturated carbocycles. The standard InChI is InChI=1S/C32H39BrN2O3/c1-22(2)34-31(37)28(18-24-13-8-7-9-14-24)35(20-25-15-11-10-12-23(25)3)30(36)21-38-29-17-16-26(19-27(29)33)32(4,5)6/h7-17,19,22,28H,18,20-21H2,1-6H3,(H,34,37)/t28-/m1/s1. The largest absolute Gasteiger partial charge is 0.483 e. The summed E-state index contributed by atoms with van der Waals surface area (Å²) in [5, 5.41) is 3.02. The van der Waals surface area contributed by atoms with Crippen molar-refractivity contribution in [1.29, 1.82) is 0 Å². The zero-order chi connectivity index (χ0) is 27.9. The third kappa shape index (κ3) is 8.19. The van der Waals surface area contributed by atoms with E-state index in [1.54, 1.807) is 4.90 Å². The maximum atomic E-state index is 13.8. The normalized spacial score (nSPS) is 12.2. The van der Waals surface area contributed by atoms with E-state index in [1.165, 1.54) is 0 Å². The molecule has 0 unspecified atom stereocenters. The highest BCUT2D eigenvalue weighted by molar-refractivity contribution is 9.10. The van der Waals surface area contributed by atoms with Crippen molar-refractivity contribution in [3.8, 4) is 5.75 Å². The molecule has 202 valence electrons. The molecule has 5 nitrogen and oxygen atoms in total. The van der Waals surface area contributed by atoms with Crippen molar-refractivity contribution in [2.45, 2.75) is 72.0 Å².